The van der Waals surface area contributed by atoms with Crippen LogP contribution in [-0.4, -0.2) is 11.1 Å². The summed E-state index contributed by atoms with van der Waals surface area (Å²) in [5.74, 6) is 1.26. The number of nitrogens with one attached hydrogen (secondary N) is 1. The van der Waals surface area contributed by atoms with E-state index in [2.05, 4.69) is 28.7 Å². The van der Waals surface area contributed by atoms with Gasteiger partial charge in [-0.05, 0) is 49.9 Å². The topological polar surface area (TPSA) is 60.2 Å². The molecule has 19 heavy (non-hydrogen) atoms. The fourth-order valence-corrected chi connectivity index (χ4v) is 2.47. The zero-order valence-corrected chi connectivity index (χ0v) is 12.3. The zero-order chi connectivity index (χ0) is 13.8. The quantitative estimate of drug-likeness (QED) is 0.879. The zero-order valence-electron chi connectivity index (χ0n) is 11.4. The van der Waals surface area contributed by atoms with Crippen LogP contribution in [0.25, 0.3) is 0 Å². The minimum Gasteiger partial charge on any atom is -0.473 e. The van der Waals surface area contributed by atoms with Gasteiger partial charge in [0.25, 0.3) is 0 Å². The van der Waals surface area contributed by atoms with Gasteiger partial charge in [0.2, 0.25) is 5.88 Å². The van der Waals surface area contributed by atoms with Gasteiger partial charge in [-0.1, -0.05) is 0 Å². The number of hydrogen-bond acceptors (Lipinski definition) is 5. The maximum Gasteiger partial charge on any atom is 0.239 e. The van der Waals surface area contributed by atoms with E-state index in [-0.39, 0.29) is 6.10 Å². The largest absolute Gasteiger partial charge is 0.473 e. The van der Waals surface area contributed by atoms with Gasteiger partial charge in [-0.25, -0.2) is 0 Å². The van der Waals surface area contributed by atoms with Crippen LogP contribution < -0.4 is 15.8 Å². The number of thiophene rings is 1. The van der Waals surface area contributed by atoms with Crippen LogP contribution in [0.3, 0.4) is 0 Å². The predicted octanol–water partition coefficient (Wildman–Crippen LogP) is 3.43. The van der Waals surface area contributed by atoms with Crippen LogP contribution >= 0.6 is 11.3 Å². The third-order valence-electron chi connectivity index (χ3n) is 2.64. The smallest absolute Gasteiger partial charge is 0.239 e. The van der Waals surface area contributed by atoms with E-state index in [4.69, 9.17) is 10.5 Å². The minimum atomic E-state index is 0.0598. The van der Waals surface area contributed by atoms with Crippen molar-refractivity contribution >= 4 is 22.8 Å². The second kappa shape index (κ2) is 5.93. The van der Waals surface area contributed by atoms with Crippen LogP contribution in [0.4, 0.5) is 11.5 Å². The van der Waals surface area contributed by atoms with Crippen LogP contribution in [-0.2, 0) is 6.54 Å². The summed E-state index contributed by atoms with van der Waals surface area (Å²) in [6, 6.07) is 5.80. The van der Waals surface area contributed by atoms with E-state index >= 15 is 0 Å². The lowest BCUT2D eigenvalue weighted by Crippen LogP contribution is -2.10. The maximum atomic E-state index is 5.84. The first kappa shape index (κ1) is 13.7. The predicted molar refractivity (Wildman–Crippen MR) is 80.8 cm³/mol. The second-order valence-corrected chi connectivity index (χ2v) is 5.64. The van der Waals surface area contributed by atoms with Crippen molar-refractivity contribution in [1.29, 1.82) is 0 Å². The Morgan fingerprint density at radius 2 is 2.16 bits per heavy atom. The van der Waals surface area contributed by atoms with Gasteiger partial charge in [-0.15, -0.1) is 11.3 Å². The molecule has 4 nitrogen and oxygen atoms in total. The van der Waals surface area contributed by atoms with Gasteiger partial charge in [-0.3, -0.25) is 0 Å². The molecule has 2 aromatic heterocycles. The molecule has 3 N–H and O–H groups in total. The average molecular weight is 277 g/mol. The Bertz CT molecular complexity index is 551. The van der Waals surface area contributed by atoms with Gasteiger partial charge in [0, 0.05) is 4.88 Å². The number of ether oxygens (including phenoxy) is 1. The van der Waals surface area contributed by atoms with E-state index in [0.29, 0.717) is 11.6 Å². The number of anilines is 2. The number of hydrogen-bond donors (Lipinski definition) is 2. The van der Waals surface area contributed by atoms with Crippen LogP contribution in [0.2, 0.25) is 0 Å². The van der Waals surface area contributed by atoms with Crippen molar-refractivity contribution in [1.82, 2.24) is 4.98 Å². The minimum absolute atomic E-state index is 0.0598. The van der Waals surface area contributed by atoms with E-state index in [0.717, 1.165) is 12.4 Å². The molecule has 0 radical (unpaired) electrons. The van der Waals surface area contributed by atoms with Gasteiger partial charge in [0.1, 0.15) is 5.82 Å². The standard InChI is InChI=1S/C14H19N3OS/c1-9(2)18-14-11(15)4-5-13(17-14)16-8-12-10(3)6-7-19-12/h4-7,9H,8,15H2,1-3H3,(H,16,17). The Morgan fingerprint density at radius 1 is 1.37 bits per heavy atom. The average Bonchev–Trinajstić information content (AvgIpc) is 2.75. The van der Waals surface area contributed by atoms with Crippen molar-refractivity contribution < 1.29 is 4.74 Å². The Kier molecular flexibility index (Phi) is 4.27. The van der Waals surface area contributed by atoms with Crippen molar-refractivity contribution in [3.8, 4) is 5.88 Å². The monoisotopic (exact) mass is 277 g/mol. The molecular weight excluding hydrogens is 258 g/mol. The lowest BCUT2D eigenvalue weighted by atomic mass is 10.3. The fourth-order valence-electron chi connectivity index (χ4n) is 1.62. The van der Waals surface area contributed by atoms with Crippen LogP contribution in [0.1, 0.15) is 24.3 Å². The van der Waals surface area contributed by atoms with Gasteiger partial charge in [-0.2, -0.15) is 4.98 Å². The van der Waals surface area contributed by atoms with Crippen molar-refractivity contribution in [2.75, 3.05) is 11.1 Å². The van der Waals surface area contributed by atoms with Crippen molar-refractivity contribution in [3.05, 3.63) is 34.0 Å². The molecule has 0 saturated carbocycles. The molecule has 0 amide bonds. The molecule has 0 spiro atoms. The highest BCUT2D eigenvalue weighted by molar-refractivity contribution is 7.10. The molecule has 0 bridgehead atoms. The van der Waals surface area contributed by atoms with Crippen molar-refractivity contribution in [3.63, 3.8) is 0 Å². The Labute approximate surface area is 117 Å². The van der Waals surface area contributed by atoms with Gasteiger partial charge in [0.05, 0.1) is 18.3 Å². The molecule has 0 saturated heterocycles. The molecule has 0 aliphatic heterocycles. The Balaban J connectivity index is 2.06. The lowest BCUT2D eigenvalue weighted by Gasteiger charge is -2.13. The van der Waals surface area contributed by atoms with Crippen LogP contribution in [0, 0.1) is 6.92 Å². The first-order valence-corrected chi connectivity index (χ1v) is 7.14. The van der Waals surface area contributed by atoms with Crippen LogP contribution in [0.15, 0.2) is 23.6 Å². The van der Waals surface area contributed by atoms with E-state index < -0.39 is 0 Å². The molecule has 0 fully saturated rings. The van der Waals surface area contributed by atoms with E-state index in [1.807, 2.05) is 26.0 Å². The molecule has 0 aliphatic rings. The molecule has 2 rings (SSSR count). The van der Waals surface area contributed by atoms with Crippen molar-refractivity contribution in [2.24, 2.45) is 0 Å². The molecular formula is C14H19N3OS. The van der Waals surface area contributed by atoms with E-state index in [9.17, 15) is 0 Å². The van der Waals surface area contributed by atoms with Gasteiger partial charge < -0.3 is 15.8 Å². The molecule has 102 valence electrons. The summed E-state index contributed by atoms with van der Waals surface area (Å²) in [6.45, 7) is 6.78. The first-order valence-electron chi connectivity index (χ1n) is 6.26. The summed E-state index contributed by atoms with van der Waals surface area (Å²) in [5, 5.41) is 5.39. The number of aryl methyl sites for hydroxylation is 1. The lowest BCUT2D eigenvalue weighted by molar-refractivity contribution is 0.234. The summed E-state index contributed by atoms with van der Waals surface area (Å²) in [6.07, 6.45) is 0.0598. The molecule has 0 aromatic carbocycles. The summed E-state index contributed by atoms with van der Waals surface area (Å²) >= 11 is 1.74. The van der Waals surface area contributed by atoms with E-state index in [1.54, 1.807) is 11.3 Å². The number of nitrogens with two attached hydrogens (primary N) is 1. The van der Waals surface area contributed by atoms with Crippen molar-refractivity contribution in [2.45, 2.75) is 33.4 Å². The second-order valence-electron chi connectivity index (χ2n) is 4.64. The highest BCUT2D eigenvalue weighted by Gasteiger charge is 2.07. The van der Waals surface area contributed by atoms with E-state index in [1.165, 1.54) is 10.4 Å². The SMILES string of the molecule is Cc1ccsc1CNc1ccc(N)c(OC(C)C)n1. The fraction of sp³-hybridized carbons (Fsp3) is 0.357. The summed E-state index contributed by atoms with van der Waals surface area (Å²) in [5.41, 5.74) is 7.70. The highest BCUT2D eigenvalue weighted by Crippen LogP contribution is 2.23. The number of nitrogens with zero attached hydrogens (tertiary/aromatic N) is 1. The van der Waals surface area contributed by atoms with Gasteiger partial charge in [0.15, 0.2) is 0 Å². The Morgan fingerprint density at radius 3 is 2.79 bits per heavy atom. The summed E-state index contributed by atoms with van der Waals surface area (Å²) < 4.78 is 5.57. The molecule has 0 unspecified atom stereocenters. The molecule has 0 atom stereocenters. The molecule has 0 aliphatic carbocycles. The molecule has 2 heterocycles. The molecule has 2 aromatic rings. The van der Waals surface area contributed by atoms with Crippen LogP contribution in [0.5, 0.6) is 5.88 Å². The summed E-state index contributed by atoms with van der Waals surface area (Å²) in [4.78, 5) is 5.70. The third kappa shape index (κ3) is 3.61. The normalized spacial score (nSPS) is 10.7. The Hall–Kier alpha value is -1.75. The number of nitrogen functional groups attached to an aromatic ring is 1. The number of rotatable bonds is 5. The summed E-state index contributed by atoms with van der Waals surface area (Å²) in [7, 11) is 0. The third-order valence-corrected chi connectivity index (χ3v) is 3.66. The number of aromatic nitrogens is 1. The number of pyridine rings is 1. The maximum absolute atomic E-state index is 5.84. The molecule has 5 heteroatoms. The highest BCUT2D eigenvalue weighted by atomic mass is 32.1. The first-order chi connectivity index (χ1) is 9.06. The van der Waals surface area contributed by atoms with Gasteiger partial charge >= 0.3 is 0 Å².